The van der Waals surface area contributed by atoms with Crippen LogP contribution in [0.15, 0.2) is 0 Å². The van der Waals surface area contributed by atoms with Gasteiger partial charge in [0.2, 0.25) is 5.91 Å². The quantitative estimate of drug-likeness (QED) is 0.490. The first-order valence-electron chi connectivity index (χ1n) is 6.95. The van der Waals surface area contributed by atoms with E-state index in [4.69, 9.17) is 5.21 Å². The lowest BCUT2D eigenvalue weighted by Crippen LogP contribution is -2.46. The largest absolute Gasteiger partial charge is 0.481 e. The number of rotatable bonds is 6. The standard InChI is InChI=1S/C13H22N2O5/c1-2-7-15(8-11(16)14-20)12(17)9-5-3-4-6-10(9)13(18)19/h9-10,20H,2-8H2,1H3,(H,14,16)(H,18,19)/t9-,10+/m1/s1. The molecule has 2 amide bonds. The van der Waals surface area contributed by atoms with Crippen LogP contribution in [-0.4, -0.2) is 46.1 Å². The summed E-state index contributed by atoms with van der Waals surface area (Å²) in [5.41, 5.74) is 1.50. The average Bonchev–Trinajstić information content (AvgIpc) is 2.45. The molecule has 2 atom stereocenters. The third-order valence-corrected chi connectivity index (χ3v) is 3.66. The van der Waals surface area contributed by atoms with Crippen LogP contribution >= 0.6 is 0 Å². The van der Waals surface area contributed by atoms with Crippen molar-refractivity contribution in [2.75, 3.05) is 13.1 Å². The molecule has 0 aromatic heterocycles. The van der Waals surface area contributed by atoms with Crippen LogP contribution in [0, 0.1) is 11.8 Å². The summed E-state index contributed by atoms with van der Waals surface area (Å²) in [6.45, 7) is 1.99. The van der Waals surface area contributed by atoms with E-state index >= 15 is 0 Å². The Hall–Kier alpha value is -1.63. The minimum atomic E-state index is -0.953. The number of carbonyl (C=O) groups is 3. The molecule has 7 heteroatoms. The second-order valence-electron chi connectivity index (χ2n) is 5.13. The molecule has 1 aliphatic carbocycles. The Bertz CT molecular complexity index is 372. The molecule has 1 aliphatic rings. The first kappa shape index (κ1) is 16.4. The van der Waals surface area contributed by atoms with Gasteiger partial charge in [-0.05, 0) is 19.3 Å². The van der Waals surface area contributed by atoms with Crippen LogP contribution in [0.3, 0.4) is 0 Å². The monoisotopic (exact) mass is 286 g/mol. The van der Waals surface area contributed by atoms with E-state index in [9.17, 15) is 19.5 Å². The predicted octanol–water partition coefficient (Wildman–Crippen LogP) is 0.621. The zero-order valence-electron chi connectivity index (χ0n) is 11.7. The molecule has 0 unspecified atom stereocenters. The third kappa shape index (κ3) is 4.19. The predicted molar refractivity (Wildman–Crippen MR) is 69.9 cm³/mol. The maximum absolute atomic E-state index is 12.5. The molecule has 1 fully saturated rings. The number of hydroxylamine groups is 1. The summed E-state index contributed by atoms with van der Waals surface area (Å²) >= 11 is 0. The third-order valence-electron chi connectivity index (χ3n) is 3.66. The van der Waals surface area contributed by atoms with Crippen molar-refractivity contribution < 1.29 is 24.7 Å². The molecule has 20 heavy (non-hydrogen) atoms. The van der Waals surface area contributed by atoms with Crippen molar-refractivity contribution in [1.82, 2.24) is 10.4 Å². The van der Waals surface area contributed by atoms with Crippen molar-refractivity contribution >= 4 is 17.8 Å². The SMILES string of the molecule is CCCN(CC(=O)NO)C(=O)[C@@H]1CCCC[C@@H]1C(=O)O. The van der Waals surface area contributed by atoms with E-state index < -0.39 is 23.7 Å². The molecule has 7 nitrogen and oxygen atoms in total. The number of carbonyl (C=O) groups excluding carboxylic acids is 2. The van der Waals surface area contributed by atoms with Gasteiger partial charge in [-0.15, -0.1) is 0 Å². The molecule has 0 radical (unpaired) electrons. The molecule has 0 heterocycles. The zero-order chi connectivity index (χ0) is 15.1. The highest BCUT2D eigenvalue weighted by atomic mass is 16.5. The molecule has 114 valence electrons. The van der Waals surface area contributed by atoms with Gasteiger partial charge in [-0.1, -0.05) is 19.8 Å². The van der Waals surface area contributed by atoms with Crippen molar-refractivity contribution in [2.24, 2.45) is 11.8 Å². The average molecular weight is 286 g/mol. The van der Waals surface area contributed by atoms with E-state index in [1.165, 1.54) is 10.4 Å². The molecule has 0 spiro atoms. The van der Waals surface area contributed by atoms with Crippen LogP contribution in [0.25, 0.3) is 0 Å². The van der Waals surface area contributed by atoms with Crippen LogP contribution in [0.4, 0.5) is 0 Å². The highest BCUT2D eigenvalue weighted by Gasteiger charge is 2.38. The zero-order valence-corrected chi connectivity index (χ0v) is 11.7. The van der Waals surface area contributed by atoms with E-state index in [2.05, 4.69) is 0 Å². The Morgan fingerprint density at radius 2 is 1.80 bits per heavy atom. The van der Waals surface area contributed by atoms with Crippen LogP contribution in [0.1, 0.15) is 39.0 Å². The smallest absolute Gasteiger partial charge is 0.307 e. The Morgan fingerprint density at radius 3 is 2.30 bits per heavy atom. The Morgan fingerprint density at radius 1 is 1.20 bits per heavy atom. The lowest BCUT2D eigenvalue weighted by Gasteiger charge is -2.32. The van der Waals surface area contributed by atoms with Gasteiger partial charge in [0.05, 0.1) is 11.8 Å². The highest BCUT2D eigenvalue weighted by Crippen LogP contribution is 2.31. The fourth-order valence-electron chi connectivity index (χ4n) is 2.70. The number of nitrogens with zero attached hydrogens (tertiary/aromatic N) is 1. The van der Waals surface area contributed by atoms with Crippen LogP contribution in [0.2, 0.25) is 0 Å². The topological polar surface area (TPSA) is 107 Å². The second-order valence-corrected chi connectivity index (χ2v) is 5.13. The van der Waals surface area contributed by atoms with Crippen LogP contribution in [-0.2, 0) is 14.4 Å². The summed E-state index contributed by atoms with van der Waals surface area (Å²) in [7, 11) is 0. The van der Waals surface area contributed by atoms with E-state index in [0.29, 0.717) is 25.8 Å². The van der Waals surface area contributed by atoms with E-state index in [1.54, 1.807) is 0 Å². The summed E-state index contributed by atoms with van der Waals surface area (Å²) < 4.78 is 0. The summed E-state index contributed by atoms with van der Waals surface area (Å²) in [6.07, 6.45) is 3.33. The van der Waals surface area contributed by atoms with Crippen LogP contribution < -0.4 is 5.48 Å². The summed E-state index contributed by atoms with van der Waals surface area (Å²) in [4.78, 5) is 36.3. The van der Waals surface area contributed by atoms with Gasteiger partial charge < -0.3 is 10.0 Å². The Labute approximate surface area is 117 Å². The summed E-state index contributed by atoms with van der Waals surface area (Å²) in [6, 6.07) is 0. The lowest BCUT2D eigenvalue weighted by atomic mass is 9.78. The number of aliphatic carboxylic acids is 1. The Kier molecular flexibility index (Phi) is 6.44. The molecule has 1 saturated carbocycles. The number of hydrogen-bond donors (Lipinski definition) is 3. The fraction of sp³-hybridized carbons (Fsp3) is 0.769. The molecule has 1 rings (SSSR count). The first-order chi connectivity index (χ1) is 9.51. The fourth-order valence-corrected chi connectivity index (χ4v) is 2.70. The minimum absolute atomic E-state index is 0.244. The molecular weight excluding hydrogens is 264 g/mol. The van der Waals surface area contributed by atoms with Crippen molar-refractivity contribution in [3.05, 3.63) is 0 Å². The normalized spacial score (nSPS) is 22.1. The van der Waals surface area contributed by atoms with Crippen molar-refractivity contribution in [2.45, 2.75) is 39.0 Å². The van der Waals surface area contributed by atoms with Gasteiger partial charge in [0, 0.05) is 6.54 Å². The lowest BCUT2D eigenvalue weighted by molar-refractivity contribution is -0.153. The van der Waals surface area contributed by atoms with Crippen molar-refractivity contribution in [3.8, 4) is 0 Å². The molecule has 0 aromatic carbocycles. The van der Waals surface area contributed by atoms with Gasteiger partial charge in [-0.3, -0.25) is 19.6 Å². The van der Waals surface area contributed by atoms with Gasteiger partial charge >= 0.3 is 5.97 Å². The van der Waals surface area contributed by atoms with Gasteiger partial charge in [0.15, 0.2) is 0 Å². The molecule has 0 saturated heterocycles. The van der Waals surface area contributed by atoms with Crippen molar-refractivity contribution in [3.63, 3.8) is 0 Å². The first-order valence-corrected chi connectivity index (χ1v) is 6.95. The number of nitrogens with one attached hydrogen (secondary N) is 1. The van der Waals surface area contributed by atoms with Gasteiger partial charge in [0.25, 0.3) is 5.91 Å². The maximum atomic E-state index is 12.5. The van der Waals surface area contributed by atoms with Gasteiger partial charge in [-0.25, -0.2) is 5.48 Å². The number of carboxylic acid groups (broad SMARTS) is 1. The minimum Gasteiger partial charge on any atom is -0.481 e. The number of carboxylic acids is 1. The van der Waals surface area contributed by atoms with Crippen molar-refractivity contribution in [1.29, 1.82) is 0 Å². The maximum Gasteiger partial charge on any atom is 0.307 e. The van der Waals surface area contributed by atoms with E-state index in [-0.39, 0.29) is 12.5 Å². The van der Waals surface area contributed by atoms with Crippen LogP contribution in [0.5, 0.6) is 0 Å². The van der Waals surface area contributed by atoms with E-state index in [0.717, 1.165) is 12.8 Å². The summed E-state index contributed by atoms with van der Waals surface area (Å²) in [5.74, 6) is -3.17. The van der Waals surface area contributed by atoms with Gasteiger partial charge in [-0.2, -0.15) is 0 Å². The Balaban J connectivity index is 2.80. The molecule has 0 aromatic rings. The number of amides is 2. The number of hydrogen-bond acceptors (Lipinski definition) is 4. The molecule has 0 aliphatic heterocycles. The summed E-state index contributed by atoms with van der Waals surface area (Å²) in [5, 5.41) is 17.8. The van der Waals surface area contributed by atoms with Gasteiger partial charge in [0.1, 0.15) is 6.54 Å². The molecular formula is C13H22N2O5. The second kappa shape index (κ2) is 7.84. The molecule has 3 N–H and O–H groups in total. The highest BCUT2D eigenvalue weighted by molar-refractivity contribution is 5.88. The molecule has 0 bridgehead atoms. The van der Waals surface area contributed by atoms with E-state index in [1.807, 2.05) is 6.92 Å².